The van der Waals surface area contributed by atoms with Gasteiger partial charge >= 0.3 is 5.97 Å². The fourth-order valence-electron chi connectivity index (χ4n) is 3.40. The van der Waals surface area contributed by atoms with Crippen LogP contribution in [-0.4, -0.2) is 39.3 Å². The number of para-hydroxylation sites is 1. The highest BCUT2D eigenvalue weighted by Crippen LogP contribution is 2.21. The Labute approximate surface area is 146 Å². The Bertz CT molecular complexity index is 913. The van der Waals surface area contributed by atoms with Crippen LogP contribution in [0.25, 0.3) is 10.9 Å². The van der Waals surface area contributed by atoms with Gasteiger partial charge < -0.3 is 4.74 Å². The van der Waals surface area contributed by atoms with Gasteiger partial charge in [-0.1, -0.05) is 18.2 Å². The Kier molecular flexibility index (Phi) is 4.19. The molecular weight excluding hydrogens is 316 g/mol. The lowest BCUT2D eigenvalue weighted by atomic mass is 10.1. The van der Waals surface area contributed by atoms with E-state index in [2.05, 4.69) is 27.1 Å². The Morgan fingerprint density at radius 3 is 3.00 bits per heavy atom. The topological polar surface area (TPSA) is 60.3 Å². The summed E-state index contributed by atoms with van der Waals surface area (Å²) in [6, 6.07) is 12.2. The molecule has 6 nitrogen and oxygen atoms in total. The number of pyridine rings is 1. The summed E-state index contributed by atoms with van der Waals surface area (Å²) in [6.45, 7) is 3.43. The lowest BCUT2D eigenvalue weighted by molar-refractivity contribution is 0.0593. The van der Waals surface area contributed by atoms with E-state index in [1.54, 1.807) is 0 Å². The first-order valence-corrected chi connectivity index (χ1v) is 8.44. The van der Waals surface area contributed by atoms with Crippen LogP contribution in [0.4, 0.5) is 0 Å². The predicted octanol–water partition coefficient (Wildman–Crippen LogP) is 2.62. The Morgan fingerprint density at radius 2 is 2.12 bits per heavy atom. The number of fused-ring (bicyclic) bond motifs is 2. The molecule has 1 aliphatic rings. The highest BCUT2D eigenvalue weighted by atomic mass is 16.5. The fraction of sp³-hybridized carbons (Fsp3) is 0.316. The van der Waals surface area contributed by atoms with Gasteiger partial charge in [-0.15, -0.1) is 0 Å². The van der Waals surface area contributed by atoms with Crippen LogP contribution >= 0.6 is 0 Å². The largest absolute Gasteiger partial charge is 0.464 e. The van der Waals surface area contributed by atoms with Gasteiger partial charge in [-0.05, 0) is 30.2 Å². The van der Waals surface area contributed by atoms with Crippen LogP contribution in [0.15, 0.2) is 42.6 Å². The molecule has 0 bridgehead atoms. The average molecular weight is 336 g/mol. The van der Waals surface area contributed by atoms with Gasteiger partial charge in [0, 0.05) is 37.8 Å². The highest BCUT2D eigenvalue weighted by Gasteiger charge is 2.20. The minimum atomic E-state index is -0.382. The lowest BCUT2D eigenvalue weighted by Crippen LogP contribution is -2.23. The molecule has 6 heteroatoms. The summed E-state index contributed by atoms with van der Waals surface area (Å²) >= 11 is 0. The highest BCUT2D eigenvalue weighted by molar-refractivity contribution is 5.87. The second-order valence-corrected chi connectivity index (χ2v) is 6.29. The standard InChI is InChI=1S/C19H20N4O2/c1-25-19(24)18-11-15-13-22(9-4-10-23(15)21-18)12-14-7-8-20-17-6-3-2-5-16(14)17/h2-3,5-8,11H,4,9-10,12-13H2,1H3. The van der Waals surface area contributed by atoms with E-state index >= 15 is 0 Å². The Balaban J connectivity index is 1.59. The first-order valence-electron chi connectivity index (χ1n) is 8.44. The molecule has 0 unspecified atom stereocenters. The van der Waals surface area contributed by atoms with Crippen LogP contribution in [0.5, 0.6) is 0 Å². The molecule has 0 fully saturated rings. The number of rotatable bonds is 3. The van der Waals surface area contributed by atoms with Crippen molar-refractivity contribution in [3.8, 4) is 0 Å². The molecule has 0 spiro atoms. The number of esters is 1. The molecule has 25 heavy (non-hydrogen) atoms. The van der Waals surface area contributed by atoms with Crippen molar-refractivity contribution in [3.05, 3.63) is 59.5 Å². The van der Waals surface area contributed by atoms with Crippen LogP contribution in [-0.2, 0) is 24.4 Å². The quantitative estimate of drug-likeness (QED) is 0.688. The summed E-state index contributed by atoms with van der Waals surface area (Å²) in [5.74, 6) is -0.382. The van der Waals surface area contributed by atoms with Crippen LogP contribution in [0.1, 0.15) is 28.2 Å². The summed E-state index contributed by atoms with van der Waals surface area (Å²) in [7, 11) is 1.38. The minimum Gasteiger partial charge on any atom is -0.464 e. The summed E-state index contributed by atoms with van der Waals surface area (Å²) in [4.78, 5) is 18.5. The molecule has 2 aromatic heterocycles. The third-order valence-electron chi connectivity index (χ3n) is 4.62. The van der Waals surface area contributed by atoms with E-state index in [1.165, 1.54) is 18.1 Å². The number of hydrogen-bond donors (Lipinski definition) is 0. The molecule has 128 valence electrons. The van der Waals surface area contributed by atoms with Gasteiger partial charge in [0.05, 0.1) is 18.3 Å². The van der Waals surface area contributed by atoms with Gasteiger partial charge in [-0.25, -0.2) is 4.79 Å². The number of aromatic nitrogens is 3. The van der Waals surface area contributed by atoms with Crippen LogP contribution in [0.2, 0.25) is 0 Å². The van der Waals surface area contributed by atoms with Crippen LogP contribution in [0, 0.1) is 0 Å². The molecule has 0 aliphatic carbocycles. The fourth-order valence-corrected chi connectivity index (χ4v) is 3.40. The molecule has 1 aliphatic heterocycles. The first-order chi connectivity index (χ1) is 12.2. The summed E-state index contributed by atoms with van der Waals surface area (Å²) in [5, 5.41) is 5.57. The molecule has 4 rings (SSSR count). The van der Waals surface area contributed by atoms with Crippen molar-refractivity contribution in [2.24, 2.45) is 0 Å². The molecule has 0 radical (unpaired) electrons. The van der Waals surface area contributed by atoms with Gasteiger partial charge in [-0.2, -0.15) is 5.10 Å². The third-order valence-corrected chi connectivity index (χ3v) is 4.62. The molecule has 0 saturated heterocycles. The number of aryl methyl sites for hydroxylation is 1. The number of carbonyl (C=O) groups is 1. The van der Waals surface area contributed by atoms with Crippen molar-refractivity contribution in [1.29, 1.82) is 0 Å². The molecule has 3 aromatic rings. The number of methoxy groups -OCH3 is 1. The predicted molar refractivity (Wildman–Crippen MR) is 94.0 cm³/mol. The number of nitrogens with zero attached hydrogens (tertiary/aromatic N) is 4. The van der Waals surface area contributed by atoms with E-state index in [4.69, 9.17) is 4.74 Å². The van der Waals surface area contributed by atoms with E-state index in [0.29, 0.717) is 5.69 Å². The van der Waals surface area contributed by atoms with E-state index in [1.807, 2.05) is 35.1 Å². The normalized spacial score (nSPS) is 14.9. The van der Waals surface area contributed by atoms with Crippen LogP contribution < -0.4 is 0 Å². The number of carbonyl (C=O) groups excluding carboxylic acids is 1. The molecule has 0 amide bonds. The molecule has 0 saturated carbocycles. The maximum absolute atomic E-state index is 11.7. The molecule has 3 heterocycles. The van der Waals surface area contributed by atoms with E-state index in [0.717, 1.165) is 43.8 Å². The zero-order valence-corrected chi connectivity index (χ0v) is 14.2. The van der Waals surface area contributed by atoms with Gasteiger partial charge in [0.1, 0.15) is 0 Å². The van der Waals surface area contributed by atoms with Crippen molar-refractivity contribution in [2.75, 3.05) is 13.7 Å². The second kappa shape index (κ2) is 6.64. The summed E-state index contributed by atoms with van der Waals surface area (Å²) < 4.78 is 6.71. The van der Waals surface area contributed by atoms with Crippen molar-refractivity contribution >= 4 is 16.9 Å². The molecule has 1 aromatic carbocycles. The molecule has 0 atom stereocenters. The van der Waals surface area contributed by atoms with Crippen LogP contribution in [0.3, 0.4) is 0 Å². The minimum absolute atomic E-state index is 0.382. The number of benzene rings is 1. The second-order valence-electron chi connectivity index (χ2n) is 6.29. The van der Waals surface area contributed by atoms with E-state index in [9.17, 15) is 4.79 Å². The van der Waals surface area contributed by atoms with Gasteiger partial charge in [-0.3, -0.25) is 14.6 Å². The van der Waals surface area contributed by atoms with Crippen molar-refractivity contribution in [2.45, 2.75) is 26.1 Å². The van der Waals surface area contributed by atoms with E-state index < -0.39 is 0 Å². The first kappa shape index (κ1) is 15.8. The zero-order valence-electron chi connectivity index (χ0n) is 14.2. The molecule has 0 N–H and O–H groups in total. The average Bonchev–Trinajstić information content (AvgIpc) is 2.94. The number of ether oxygens (including phenoxy) is 1. The SMILES string of the molecule is COC(=O)c1cc2n(n1)CCCN(Cc1ccnc3ccccc13)C2. The monoisotopic (exact) mass is 336 g/mol. The van der Waals surface area contributed by atoms with Gasteiger partial charge in [0.2, 0.25) is 0 Å². The van der Waals surface area contributed by atoms with E-state index in [-0.39, 0.29) is 5.97 Å². The zero-order chi connectivity index (χ0) is 17.2. The van der Waals surface area contributed by atoms with Crippen molar-refractivity contribution in [1.82, 2.24) is 19.7 Å². The smallest absolute Gasteiger partial charge is 0.358 e. The van der Waals surface area contributed by atoms with Crippen molar-refractivity contribution < 1.29 is 9.53 Å². The maximum atomic E-state index is 11.7. The molecular formula is C19H20N4O2. The summed E-state index contributed by atoms with van der Waals surface area (Å²) in [6.07, 6.45) is 2.87. The van der Waals surface area contributed by atoms with Gasteiger partial charge in [0.15, 0.2) is 5.69 Å². The maximum Gasteiger partial charge on any atom is 0.358 e. The van der Waals surface area contributed by atoms with Gasteiger partial charge in [0.25, 0.3) is 0 Å². The number of hydrogen-bond acceptors (Lipinski definition) is 5. The summed E-state index contributed by atoms with van der Waals surface area (Å²) in [5.41, 5.74) is 3.73. The van der Waals surface area contributed by atoms with Crippen molar-refractivity contribution in [3.63, 3.8) is 0 Å². The lowest BCUT2D eigenvalue weighted by Gasteiger charge is -2.20. The Morgan fingerprint density at radius 1 is 1.24 bits per heavy atom. The third kappa shape index (κ3) is 3.13. The Hall–Kier alpha value is -2.73.